The number of nitrogens with two attached hydrogens (primary N) is 1. The molecular formula is C16H13N3OS. The number of ether oxygens (including phenoxy) is 1. The van der Waals surface area contributed by atoms with Crippen LogP contribution < -0.4 is 10.5 Å². The fraction of sp³-hybridized carbons (Fsp3) is 0.0625. The first-order valence-electron chi connectivity index (χ1n) is 6.44. The number of thiocarbonyl (C=S) groups is 1. The zero-order chi connectivity index (χ0) is 14.8. The van der Waals surface area contributed by atoms with E-state index in [4.69, 9.17) is 22.7 Å². The first-order chi connectivity index (χ1) is 10.1. The van der Waals surface area contributed by atoms with Gasteiger partial charge in [0.2, 0.25) is 0 Å². The third-order valence-corrected chi connectivity index (χ3v) is 3.24. The minimum atomic E-state index is 0.204. The average molecular weight is 295 g/mol. The summed E-state index contributed by atoms with van der Waals surface area (Å²) in [5.74, 6) is 1.18. The van der Waals surface area contributed by atoms with E-state index >= 15 is 0 Å². The summed E-state index contributed by atoms with van der Waals surface area (Å²) in [5, 5.41) is 1.01. The Hall–Kier alpha value is -2.53. The molecule has 104 valence electrons. The van der Waals surface area contributed by atoms with Gasteiger partial charge in [0.15, 0.2) is 11.5 Å². The van der Waals surface area contributed by atoms with Crippen LogP contribution in [0.4, 0.5) is 0 Å². The maximum atomic E-state index is 5.95. The van der Waals surface area contributed by atoms with Gasteiger partial charge in [-0.2, -0.15) is 0 Å². The SMILES string of the molecule is Cc1ccc2cccc(Oc3cccnc3C(N)=S)c2n1. The Kier molecular flexibility index (Phi) is 3.50. The van der Waals surface area contributed by atoms with Crippen LogP contribution in [0.5, 0.6) is 11.5 Å². The molecule has 5 heteroatoms. The number of nitrogens with zero attached hydrogens (tertiary/aromatic N) is 2. The van der Waals surface area contributed by atoms with Gasteiger partial charge in [-0.05, 0) is 31.2 Å². The molecule has 0 aliphatic carbocycles. The number of fused-ring (bicyclic) bond motifs is 1. The van der Waals surface area contributed by atoms with E-state index in [2.05, 4.69) is 9.97 Å². The lowest BCUT2D eigenvalue weighted by molar-refractivity contribution is 0.483. The molecule has 2 heterocycles. The summed E-state index contributed by atoms with van der Waals surface area (Å²) in [7, 11) is 0. The summed E-state index contributed by atoms with van der Waals surface area (Å²) < 4.78 is 5.95. The molecule has 0 spiro atoms. The molecule has 2 N–H and O–H groups in total. The van der Waals surface area contributed by atoms with Gasteiger partial charge in [0.25, 0.3) is 0 Å². The highest BCUT2D eigenvalue weighted by atomic mass is 32.1. The highest BCUT2D eigenvalue weighted by Crippen LogP contribution is 2.30. The molecule has 2 aromatic heterocycles. The number of aromatic nitrogens is 2. The topological polar surface area (TPSA) is 61.0 Å². The molecule has 0 saturated carbocycles. The van der Waals surface area contributed by atoms with Gasteiger partial charge < -0.3 is 10.5 Å². The van der Waals surface area contributed by atoms with Gasteiger partial charge in [-0.25, -0.2) is 9.97 Å². The first-order valence-corrected chi connectivity index (χ1v) is 6.85. The maximum Gasteiger partial charge on any atom is 0.156 e. The van der Waals surface area contributed by atoms with Gasteiger partial charge in [0.1, 0.15) is 16.2 Å². The zero-order valence-electron chi connectivity index (χ0n) is 11.4. The molecule has 0 bridgehead atoms. The fourth-order valence-electron chi connectivity index (χ4n) is 2.08. The second kappa shape index (κ2) is 5.46. The molecule has 0 aliphatic rings. The number of aryl methyl sites for hydroxylation is 1. The molecule has 1 aromatic carbocycles. The largest absolute Gasteiger partial charge is 0.453 e. The number of para-hydroxylation sites is 1. The lowest BCUT2D eigenvalue weighted by Gasteiger charge is -2.11. The Bertz CT molecular complexity index is 833. The second-order valence-electron chi connectivity index (χ2n) is 4.60. The van der Waals surface area contributed by atoms with E-state index in [9.17, 15) is 0 Å². The van der Waals surface area contributed by atoms with Crippen LogP contribution in [-0.4, -0.2) is 15.0 Å². The normalized spacial score (nSPS) is 10.5. The molecular weight excluding hydrogens is 282 g/mol. The number of pyridine rings is 2. The minimum absolute atomic E-state index is 0.204. The molecule has 0 atom stereocenters. The van der Waals surface area contributed by atoms with Crippen molar-refractivity contribution in [3.63, 3.8) is 0 Å². The van der Waals surface area contributed by atoms with E-state index in [0.29, 0.717) is 17.2 Å². The van der Waals surface area contributed by atoms with Crippen LogP contribution in [0, 0.1) is 6.92 Å². The van der Waals surface area contributed by atoms with Crippen molar-refractivity contribution in [1.82, 2.24) is 9.97 Å². The van der Waals surface area contributed by atoms with E-state index < -0.39 is 0 Å². The smallest absolute Gasteiger partial charge is 0.156 e. The number of benzene rings is 1. The predicted octanol–water partition coefficient (Wildman–Crippen LogP) is 3.36. The summed E-state index contributed by atoms with van der Waals surface area (Å²) in [4.78, 5) is 8.90. The van der Waals surface area contributed by atoms with E-state index in [1.54, 1.807) is 18.3 Å². The number of rotatable bonds is 3. The van der Waals surface area contributed by atoms with Gasteiger partial charge in [0, 0.05) is 17.3 Å². The van der Waals surface area contributed by atoms with Crippen molar-refractivity contribution in [2.24, 2.45) is 5.73 Å². The Labute approximate surface area is 127 Å². The molecule has 0 unspecified atom stereocenters. The summed E-state index contributed by atoms with van der Waals surface area (Å²) >= 11 is 5.00. The predicted molar refractivity (Wildman–Crippen MR) is 86.7 cm³/mol. The Balaban J connectivity index is 2.11. The van der Waals surface area contributed by atoms with Gasteiger partial charge in [-0.1, -0.05) is 30.4 Å². The summed E-state index contributed by atoms with van der Waals surface area (Å²) in [6, 6.07) is 13.3. The van der Waals surface area contributed by atoms with Crippen molar-refractivity contribution < 1.29 is 4.74 Å². The van der Waals surface area contributed by atoms with Crippen LogP contribution in [-0.2, 0) is 0 Å². The van der Waals surface area contributed by atoms with E-state index in [1.165, 1.54) is 0 Å². The molecule has 0 amide bonds. The van der Waals surface area contributed by atoms with E-state index in [1.807, 2.05) is 37.3 Å². The maximum absolute atomic E-state index is 5.95. The zero-order valence-corrected chi connectivity index (χ0v) is 12.2. The monoisotopic (exact) mass is 295 g/mol. The van der Waals surface area contributed by atoms with Gasteiger partial charge in [0.05, 0.1) is 0 Å². The molecule has 3 aromatic rings. The molecule has 3 rings (SSSR count). The van der Waals surface area contributed by atoms with Crippen LogP contribution in [0.2, 0.25) is 0 Å². The highest BCUT2D eigenvalue weighted by Gasteiger charge is 2.11. The highest BCUT2D eigenvalue weighted by molar-refractivity contribution is 7.80. The summed E-state index contributed by atoms with van der Waals surface area (Å²) in [5.41, 5.74) is 7.88. The van der Waals surface area contributed by atoms with Crippen molar-refractivity contribution in [3.8, 4) is 11.5 Å². The Morgan fingerprint density at radius 3 is 2.71 bits per heavy atom. The van der Waals surface area contributed by atoms with Crippen LogP contribution in [0.15, 0.2) is 48.7 Å². The standard InChI is InChI=1S/C16H13N3OS/c1-10-7-8-11-4-2-5-12(14(11)19-10)20-13-6-3-9-18-15(13)16(17)21/h2-9H,1H3,(H2,17,21). The molecule has 0 aliphatic heterocycles. The van der Waals surface area contributed by atoms with Crippen molar-refractivity contribution in [1.29, 1.82) is 0 Å². The van der Waals surface area contributed by atoms with Crippen molar-refractivity contribution in [2.45, 2.75) is 6.92 Å². The molecule has 21 heavy (non-hydrogen) atoms. The molecule has 0 fully saturated rings. The molecule has 0 saturated heterocycles. The van der Waals surface area contributed by atoms with Gasteiger partial charge in [-0.15, -0.1) is 0 Å². The average Bonchev–Trinajstić information content (AvgIpc) is 2.48. The second-order valence-corrected chi connectivity index (χ2v) is 5.04. The van der Waals surface area contributed by atoms with Crippen molar-refractivity contribution in [2.75, 3.05) is 0 Å². The molecule has 0 radical (unpaired) electrons. The van der Waals surface area contributed by atoms with Gasteiger partial charge >= 0.3 is 0 Å². The van der Waals surface area contributed by atoms with Gasteiger partial charge in [-0.3, -0.25) is 0 Å². The van der Waals surface area contributed by atoms with E-state index in [-0.39, 0.29) is 4.99 Å². The van der Waals surface area contributed by atoms with Crippen LogP contribution in [0.1, 0.15) is 11.4 Å². The summed E-state index contributed by atoms with van der Waals surface area (Å²) in [6.07, 6.45) is 1.63. The number of hydrogen-bond donors (Lipinski definition) is 1. The van der Waals surface area contributed by atoms with E-state index in [0.717, 1.165) is 16.6 Å². The van der Waals surface area contributed by atoms with Crippen LogP contribution >= 0.6 is 12.2 Å². The Morgan fingerprint density at radius 2 is 1.90 bits per heavy atom. The number of hydrogen-bond acceptors (Lipinski definition) is 4. The van der Waals surface area contributed by atoms with Crippen molar-refractivity contribution in [3.05, 3.63) is 60.0 Å². The quantitative estimate of drug-likeness (QED) is 0.751. The third-order valence-electron chi connectivity index (χ3n) is 3.05. The van der Waals surface area contributed by atoms with Crippen molar-refractivity contribution >= 4 is 28.1 Å². The lowest BCUT2D eigenvalue weighted by Crippen LogP contribution is -2.12. The molecule has 4 nitrogen and oxygen atoms in total. The van der Waals surface area contributed by atoms with Crippen LogP contribution in [0.25, 0.3) is 10.9 Å². The third kappa shape index (κ3) is 2.68. The van der Waals surface area contributed by atoms with Crippen LogP contribution in [0.3, 0.4) is 0 Å². The Morgan fingerprint density at radius 1 is 1.10 bits per heavy atom. The summed E-state index contributed by atoms with van der Waals surface area (Å²) in [6.45, 7) is 1.95. The first kappa shape index (κ1) is 13.5. The minimum Gasteiger partial charge on any atom is -0.453 e. The fourth-order valence-corrected chi connectivity index (χ4v) is 2.23. The lowest BCUT2D eigenvalue weighted by atomic mass is 10.2.